The van der Waals surface area contributed by atoms with Gasteiger partial charge in [0.1, 0.15) is 5.82 Å². The van der Waals surface area contributed by atoms with Crippen molar-refractivity contribution in [2.45, 2.75) is 32.7 Å². The summed E-state index contributed by atoms with van der Waals surface area (Å²) in [6, 6.07) is 3.30. The Morgan fingerprint density at radius 2 is 2.09 bits per heavy atom. The molecule has 1 saturated heterocycles. The molecule has 122 valence electrons. The van der Waals surface area contributed by atoms with Crippen molar-refractivity contribution in [1.82, 2.24) is 4.98 Å². The normalized spacial score (nSPS) is 17.0. The average Bonchev–Trinajstić information content (AvgIpc) is 2.57. The molecule has 1 aliphatic rings. The van der Waals surface area contributed by atoms with Gasteiger partial charge in [-0.3, -0.25) is 4.79 Å². The highest BCUT2D eigenvalue weighted by atomic mass is 16.5. The summed E-state index contributed by atoms with van der Waals surface area (Å²) in [5.41, 5.74) is 6.75. The molecule has 1 aromatic heterocycles. The molecule has 0 aliphatic carbocycles. The average molecular weight is 306 g/mol. The zero-order valence-corrected chi connectivity index (χ0v) is 13.4. The van der Waals surface area contributed by atoms with Gasteiger partial charge in [-0.25, -0.2) is 4.98 Å². The smallest absolute Gasteiger partial charge is 0.241 e. The Morgan fingerprint density at radius 3 is 2.64 bits per heavy atom. The Morgan fingerprint density at radius 1 is 1.41 bits per heavy atom. The highest BCUT2D eigenvalue weighted by molar-refractivity contribution is 5.94. The first-order valence-corrected chi connectivity index (χ1v) is 8.00. The molecule has 6 nitrogen and oxygen atoms in total. The number of aromatic nitrogens is 1. The van der Waals surface area contributed by atoms with E-state index >= 15 is 0 Å². The van der Waals surface area contributed by atoms with Crippen LogP contribution in [0.1, 0.15) is 26.7 Å². The first kappa shape index (κ1) is 16.7. The van der Waals surface area contributed by atoms with E-state index in [1.165, 1.54) is 0 Å². The molecule has 22 heavy (non-hydrogen) atoms. The second-order valence-corrected chi connectivity index (χ2v) is 5.54. The van der Waals surface area contributed by atoms with Crippen LogP contribution in [0.2, 0.25) is 0 Å². The second kappa shape index (κ2) is 8.10. The quantitative estimate of drug-likeness (QED) is 0.835. The van der Waals surface area contributed by atoms with Crippen LogP contribution in [0.25, 0.3) is 0 Å². The SMILES string of the molecule is CCN(CC)c1ccc(NC(=O)C(N)C2CCOCC2)cn1. The Hall–Kier alpha value is -1.66. The number of ether oxygens (including phenoxy) is 1. The maximum absolute atomic E-state index is 12.2. The lowest BCUT2D eigenvalue weighted by Gasteiger charge is -2.26. The molecule has 2 heterocycles. The number of anilines is 2. The monoisotopic (exact) mass is 306 g/mol. The molecule has 1 aliphatic heterocycles. The van der Waals surface area contributed by atoms with Gasteiger partial charge in [0.25, 0.3) is 0 Å². The second-order valence-electron chi connectivity index (χ2n) is 5.54. The topological polar surface area (TPSA) is 80.5 Å². The van der Waals surface area contributed by atoms with E-state index in [0.717, 1.165) is 31.7 Å². The van der Waals surface area contributed by atoms with Gasteiger partial charge in [0.2, 0.25) is 5.91 Å². The van der Waals surface area contributed by atoms with Crippen molar-refractivity contribution in [1.29, 1.82) is 0 Å². The van der Waals surface area contributed by atoms with E-state index in [1.807, 2.05) is 12.1 Å². The summed E-state index contributed by atoms with van der Waals surface area (Å²) in [6.45, 7) is 7.37. The lowest BCUT2D eigenvalue weighted by molar-refractivity contribution is -0.119. The largest absolute Gasteiger partial charge is 0.381 e. The Balaban J connectivity index is 1.93. The summed E-state index contributed by atoms with van der Waals surface area (Å²) in [7, 11) is 0. The molecule has 1 unspecified atom stereocenters. The number of amides is 1. The summed E-state index contributed by atoms with van der Waals surface area (Å²) < 4.78 is 5.30. The maximum atomic E-state index is 12.2. The summed E-state index contributed by atoms with van der Waals surface area (Å²) >= 11 is 0. The molecule has 1 atom stereocenters. The number of hydrogen-bond donors (Lipinski definition) is 2. The number of nitrogens with one attached hydrogen (secondary N) is 1. The number of pyridine rings is 1. The third-order valence-corrected chi connectivity index (χ3v) is 4.18. The number of hydrogen-bond acceptors (Lipinski definition) is 5. The van der Waals surface area contributed by atoms with Crippen molar-refractivity contribution in [2.75, 3.05) is 36.5 Å². The van der Waals surface area contributed by atoms with Gasteiger partial charge < -0.3 is 20.7 Å². The van der Waals surface area contributed by atoms with Crippen molar-refractivity contribution in [3.8, 4) is 0 Å². The fraction of sp³-hybridized carbons (Fsp3) is 0.625. The molecule has 0 spiro atoms. The van der Waals surface area contributed by atoms with E-state index in [0.29, 0.717) is 18.9 Å². The lowest BCUT2D eigenvalue weighted by Crippen LogP contribution is -2.44. The number of nitrogens with zero attached hydrogens (tertiary/aromatic N) is 2. The van der Waals surface area contributed by atoms with Crippen molar-refractivity contribution >= 4 is 17.4 Å². The molecule has 2 rings (SSSR count). The molecular formula is C16H26N4O2. The molecule has 3 N–H and O–H groups in total. The van der Waals surface area contributed by atoms with Gasteiger partial charge in [0.15, 0.2) is 0 Å². The minimum Gasteiger partial charge on any atom is -0.381 e. The summed E-state index contributed by atoms with van der Waals surface area (Å²) in [4.78, 5) is 18.8. The number of rotatable bonds is 6. The minimum atomic E-state index is -0.494. The van der Waals surface area contributed by atoms with Crippen LogP contribution in [0, 0.1) is 5.92 Å². The van der Waals surface area contributed by atoms with Gasteiger partial charge in [-0.05, 0) is 44.7 Å². The van der Waals surface area contributed by atoms with E-state index in [1.54, 1.807) is 6.20 Å². The molecule has 1 amide bonds. The van der Waals surface area contributed by atoms with Crippen LogP contribution in [-0.2, 0) is 9.53 Å². The molecule has 1 aromatic rings. The van der Waals surface area contributed by atoms with Crippen LogP contribution in [-0.4, -0.2) is 43.2 Å². The predicted octanol–water partition coefficient (Wildman–Crippen LogP) is 1.62. The number of nitrogens with two attached hydrogens (primary N) is 1. The third-order valence-electron chi connectivity index (χ3n) is 4.18. The van der Waals surface area contributed by atoms with E-state index in [9.17, 15) is 4.79 Å². The van der Waals surface area contributed by atoms with Crippen LogP contribution < -0.4 is 16.0 Å². The van der Waals surface area contributed by atoms with E-state index in [4.69, 9.17) is 10.5 Å². The standard InChI is InChI=1S/C16H26N4O2/c1-3-20(4-2)14-6-5-13(11-18-14)19-16(21)15(17)12-7-9-22-10-8-12/h5-6,11-12,15H,3-4,7-10,17H2,1-2H3,(H,19,21). The van der Waals surface area contributed by atoms with E-state index < -0.39 is 6.04 Å². The van der Waals surface area contributed by atoms with Crippen molar-refractivity contribution in [3.63, 3.8) is 0 Å². The molecule has 1 fully saturated rings. The van der Waals surface area contributed by atoms with Crippen LogP contribution in [0.3, 0.4) is 0 Å². The van der Waals surface area contributed by atoms with Gasteiger partial charge >= 0.3 is 0 Å². The first-order valence-electron chi connectivity index (χ1n) is 8.00. The molecular weight excluding hydrogens is 280 g/mol. The van der Waals surface area contributed by atoms with Gasteiger partial charge in [-0.2, -0.15) is 0 Å². The maximum Gasteiger partial charge on any atom is 0.241 e. The van der Waals surface area contributed by atoms with E-state index in [-0.39, 0.29) is 11.8 Å². The molecule has 6 heteroatoms. The number of carbonyl (C=O) groups excluding carboxylic acids is 1. The summed E-state index contributed by atoms with van der Waals surface area (Å²) in [5, 5.41) is 2.86. The molecule has 0 saturated carbocycles. The summed E-state index contributed by atoms with van der Waals surface area (Å²) in [6.07, 6.45) is 3.36. The first-order chi connectivity index (χ1) is 10.7. The van der Waals surface area contributed by atoms with Crippen LogP contribution >= 0.6 is 0 Å². The molecule has 0 radical (unpaired) electrons. The predicted molar refractivity (Wildman–Crippen MR) is 87.9 cm³/mol. The van der Waals surface area contributed by atoms with Gasteiger partial charge in [0, 0.05) is 26.3 Å². The Bertz CT molecular complexity index is 468. The lowest BCUT2D eigenvalue weighted by atomic mass is 9.92. The zero-order valence-electron chi connectivity index (χ0n) is 13.4. The van der Waals surface area contributed by atoms with E-state index in [2.05, 4.69) is 29.0 Å². The van der Waals surface area contributed by atoms with Crippen molar-refractivity contribution < 1.29 is 9.53 Å². The third kappa shape index (κ3) is 4.18. The zero-order chi connectivity index (χ0) is 15.9. The van der Waals surface area contributed by atoms with Gasteiger partial charge in [0.05, 0.1) is 17.9 Å². The van der Waals surface area contributed by atoms with Crippen LogP contribution in [0.5, 0.6) is 0 Å². The Labute approximate surface area is 132 Å². The fourth-order valence-electron chi connectivity index (χ4n) is 2.71. The van der Waals surface area contributed by atoms with Crippen molar-refractivity contribution in [3.05, 3.63) is 18.3 Å². The molecule has 0 aromatic carbocycles. The highest BCUT2D eigenvalue weighted by Crippen LogP contribution is 2.19. The molecule has 0 bridgehead atoms. The highest BCUT2D eigenvalue weighted by Gasteiger charge is 2.26. The van der Waals surface area contributed by atoms with Crippen LogP contribution in [0.4, 0.5) is 11.5 Å². The number of carbonyl (C=O) groups is 1. The minimum absolute atomic E-state index is 0.149. The van der Waals surface area contributed by atoms with Gasteiger partial charge in [-0.1, -0.05) is 0 Å². The summed E-state index contributed by atoms with van der Waals surface area (Å²) in [5.74, 6) is 0.956. The van der Waals surface area contributed by atoms with Crippen LogP contribution in [0.15, 0.2) is 18.3 Å². The van der Waals surface area contributed by atoms with Crippen molar-refractivity contribution in [2.24, 2.45) is 11.7 Å². The Kier molecular flexibility index (Phi) is 6.15. The fourth-order valence-corrected chi connectivity index (χ4v) is 2.71. The van der Waals surface area contributed by atoms with Gasteiger partial charge in [-0.15, -0.1) is 0 Å².